The first-order valence-corrected chi connectivity index (χ1v) is 7.49. The number of anilines is 1. The summed E-state index contributed by atoms with van der Waals surface area (Å²) in [5.74, 6) is -1.61. The van der Waals surface area contributed by atoms with E-state index in [-0.39, 0.29) is 11.5 Å². The van der Waals surface area contributed by atoms with Crippen molar-refractivity contribution < 1.29 is 18.0 Å². The molecular formula is C18H15F3N2O. The van der Waals surface area contributed by atoms with Crippen molar-refractivity contribution in [2.45, 2.75) is 6.42 Å². The van der Waals surface area contributed by atoms with Gasteiger partial charge in [-0.25, -0.2) is 18.0 Å². The molecule has 2 aromatic carbocycles. The molecule has 0 saturated heterocycles. The number of hydrogen-bond acceptors (Lipinski definition) is 1. The van der Waals surface area contributed by atoms with Crippen LogP contribution in [0.1, 0.15) is 12.0 Å². The van der Waals surface area contributed by atoms with Crippen LogP contribution < -0.4 is 5.32 Å². The SMILES string of the molecule is O=C(Nc1cc(F)ccc1F)N1CC=C(c2ccc(F)cc2)CC1. The second-order valence-electron chi connectivity index (χ2n) is 5.49. The number of carbonyl (C=O) groups is 1. The molecule has 0 aromatic heterocycles. The van der Waals surface area contributed by atoms with Crippen LogP contribution in [0, 0.1) is 17.5 Å². The quantitative estimate of drug-likeness (QED) is 0.867. The lowest BCUT2D eigenvalue weighted by Gasteiger charge is -2.27. The summed E-state index contributed by atoms with van der Waals surface area (Å²) in [7, 11) is 0. The first-order chi connectivity index (χ1) is 11.5. The van der Waals surface area contributed by atoms with Crippen molar-refractivity contribution in [1.29, 1.82) is 0 Å². The Bertz CT molecular complexity index is 787. The Morgan fingerprint density at radius 1 is 1.00 bits per heavy atom. The molecule has 0 bridgehead atoms. The lowest BCUT2D eigenvalue weighted by Crippen LogP contribution is -2.38. The Labute approximate surface area is 137 Å². The molecule has 2 amide bonds. The molecule has 0 saturated carbocycles. The molecule has 0 aliphatic carbocycles. The van der Waals surface area contributed by atoms with E-state index in [1.807, 2.05) is 6.08 Å². The van der Waals surface area contributed by atoms with Gasteiger partial charge in [0.2, 0.25) is 0 Å². The molecule has 1 heterocycles. The molecule has 0 fully saturated rings. The summed E-state index contributed by atoms with van der Waals surface area (Å²) < 4.78 is 39.7. The first kappa shape index (κ1) is 16.1. The lowest BCUT2D eigenvalue weighted by atomic mass is 10.00. The van der Waals surface area contributed by atoms with E-state index in [9.17, 15) is 18.0 Å². The fourth-order valence-electron chi connectivity index (χ4n) is 2.57. The lowest BCUT2D eigenvalue weighted by molar-refractivity contribution is 0.217. The molecule has 24 heavy (non-hydrogen) atoms. The van der Waals surface area contributed by atoms with Gasteiger partial charge in [-0.15, -0.1) is 0 Å². The standard InChI is InChI=1S/C18H15F3N2O/c19-14-3-1-12(2-4-14)13-7-9-23(10-8-13)18(24)22-17-11-15(20)5-6-16(17)21/h1-7,11H,8-10H2,(H,22,24). The molecule has 1 aliphatic rings. The third kappa shape index (κ3) is 3.59. The van der Waals surface area contributed by atoms with Gasteiger partial charge in [0.1, 0.15) is 17.5 Å². The van der Waals surface area contributed by atoms with Gasteiger partial charge in [-0.05, 0) is 41.8 Å². The van der Waals surface area contributed by atoms with Gasteiger partial charge < -0.3 is 10.2 Å². The number of halogens is 3. The molecule has 2 aromatic rings. The number of carbonyl (C=O) groups excluding carboxylic acids is 1. The van der Waals surface area contributed by atoms with E-state index in [1.54, 1.807) is 12.1 Å². The summed E-state index contributed by atoms with van der Waals surface area (Å²) in [4.78, 5) is 13.7. The zero-order valence-corrected chi connectivity index (χ0v) is 12.7. The Morgan fingerprint density at radius 2 is 1.71 bits per heavy atom. The van der Waals surface area contributed by atoms with Crippen molar-refractivity contribution in [3.05, 3.63) is 71.6 Å². The highest BCUT2D eigenvalue weighted by Crippen LogP contribution is 2.23. The Balaban J connectivity index is 1.66. The molecule has 1 aliphatic heterocycles. The van der Waals surface area contributed by atoms with Gasteiger partial charge in [0.05, 0.1) is 5.69 Å². The van der Waals surface area contributed by atoms with E-state index < -0.39 is 17.7 Å². The fraction of sp³-hybridized carbons (Fsp3) is 0.167. The maximum atomic E-state index is 13.6. The summed E-state index contributed by atoms with van der Waals surface area (Å²) in [6, 6.07) is 8.57. The largest absolute Gasteiger partial charge is 0.322 e. The number of amides is 2. The predicted octanol–water partition coefficient (Wildman–Crippen LogP) is 4.43. The minimum atomic E-state index is -0.690. The average molecular weight is 332 g/mol. The monoisotopic (exact) mass is 332 g/mol. The maximum Gasteiger partial charge on any atom is 0.322 e. The highest BCUT2D eigenvalue weighted by Gasteiger charge is 2.19. The molecular weight excluding hydrogens is 317 g/mol. The average Bonchev–Trinajstić information content (AvgIpc) is 2.59. The van der Waals surface area contributed by atoms with Crippen LogP contribution in [0.2, 0.25) is 0 Å². The smallest absolute Gasteiger partial charge is 0.320 e. The zero-order valence-electron chi connectivity index (χ0n) is 12.7. The number of nitrogens with one attached hydrogen (secondary N) is 1. The number of urea groups is 1. The van der Waals surface area contributed by atoms with E-state index in [0.29, 0.717) is 19.5 Å². The molecule has 0 atom stereocenters. The third-order valence-electron chi connectivity index (χ3n) is 3.88. The van der Waals surface area contributed by atoms with Gasteiger partial charge in [0.15, 0.2) is 0 Å². The fourth-order valence-corrected chi connectivity index (χ4v) is 2.57. The van der Waals surface area contributed by atoms with Crippen molar-refractivity contribution in [3.8, 4) is 0 Å². The molecule has 1 N–H and O–H groups in total. The van der Waals surface area contributed by atoms with Crippen molar-refractivity contribution >= 4 is 17.3 Å². The predicted molar refractivity (Wildman–Crippen MR) is 85.9 cm³/mol. The minimum absolute atomic E-state index is 0.187. The first-order valence-electron chi connectivity index (χ1n) is 7.49. The molecule has 6 heteroatoms. The van der Waals surface area contributed by atoms with Gasteiger partial charge in [-0.3, -0.25) is 0 Å². The van der Waals surface area contributed by atoms with E-state index >= 15 is 0 Å². The van der Waals surface area contributed by atoms with Crippen LogP contribution in [0.15, 0.2) is 48.5 Å². The molecule has 3 rings (SSSR count). The van der Waals surface area contributed by atoms with E-state index in [1.165, 1.54) is 17.0 Å². The number of hydrogen-bond donors (Lipinski definition) is 1. The number of nitrogens with zero attached hydrogens (tertiary/aromatic N) is 1. The zero-order chi connectivity index (χ0) is 17.1. The van der Waals surface area contributed by atoms with Crippen LogP contribution in [-0.2, 0) is 0 Å². The molecule has 0 spiro atoms. The second kappa shape index (κ2) is 6.78. The van der Waals surface area contributed by atoms with E-state index in [0.717, 1.165) is 29.3 Å². The van der Waals surface area contributed by atoms with E-state index in [2.05, 4.69) is 5.32 Å². The van der Waals surface area contributed by atoms with Gasteiger partial charge in [-0.1, -0.05) is 18.2 Å². The number of rotatable bonds is 2. The summed E-state index contributed by atoms with van der Waals surface area (Å²) in [5.41, 5.74) is 1.75. The summed E-state index contributed by atoms with van der Waals surface area (Å²) in [6.07, 6.45) is 2.48. The van der Waals surface area contributed by atoms with Gasteiger partial charge in [0.25, 0.3) is 0 Å². The van der Waals surface area contributed by atoms with Crippen LogP contribution in [0.3, 0.4) is 0 Å². The van der Waals surface area contributed by atoms with Gasteiger partial charge in [0, 0.05) is 19.2 Å². The minimum Gasteiger partial charge on any atom is -0.320 e. The van der Waals surface area contributed by atoms with Crippen molar-refractivity contribution in [2.24, 2.45) is 0 Å². The van der Waals surface area contributed by atoms with Crippen molar-refractivity contribution in [2.75, 3.05) is 18.4 Å². The molecule has 0 radical (unpaired) electrons. The second-order valence-corrected chi connectivity index (χ2v) is 5.49. The summed E-state index contributed by atoms with van der Waals surface area (Å²) in [6.45, 7) is 0.779. The summed E-state index contributed by atoms with van der Waals surface area (Å²) >= 11 is 0. The van der Waals surface area contributed by atoms with Crippen LogP contribution in [0.5, 0.6) is 0 Å². The van der Waals surface area contributed by atoms with Crippen LogP contribution in [-0.4, -0.2) is 24.0 Å². The van der Waals surface area contributed by atoms with Crippen LogP contribution in [0.4, 0.5) is 23.7 Å². The van der Waals surface area contributed by atoms with E-state index in [4.69, 9.17) is 0 Å². The highest BCUT2D eigenvalue weighted by molar-refractivity contribution is 5.90. The van der Waals surface area contributed by atoms with Crippen LogP contribution in [0.25, 0.3) is 5.57 Å². The van der Waals surface area contributed by atoms with Crippen molar-refractivity contribution in [3.63, 3.8) is 0 Å². The number of benzene rings is 2. The topological polar surface area (TPSA) is 32.3 Å². The van der Waals surface area contributed by atoms with Crippen LogP contribution >= 0.6 is 0 Å². The van der Waals surface area contributed by atoms with Gasteiger partial charge in [-0.2, -0.15) is 0 Å². The Hall–Kier alpha value is -2.76. The van der Waals surface area contributed by atoms with Crippen molar-refractivity contribution in [1.82, 2.24) is 4.90 Å². The highest BCUT2D eigenvalue weighted by atomic mass is 19.1. The molecule has 124 valence electrons. The van der Waals surface area contributed by atoms with Gasteiger partial charge >= 0.3 is 6.03 Å². The summed E-state index contributed by atoms with van der Waals surface area (Å²) in [5, 5.41) is 2.38. The Kier molecular flexibility index (Phi) is 4.55. The third-order valence-corrected chi connectivity index (χ3v) is 3.88. The maximum absolute atomic E-state index is 13.6. The normalized spacial score (nSPS) is 14.3. The molecule has 0 unspecified atom stereocenters. The molecule has 3 nitrogen and oxygen atoms in total. The Morgan fingerprint density at radius 3 is 2.38 bits per heavy atom.